The Kier molecular flexibility index (Phi) is 6.17. The van der Waals surface area contributed by atoms with Crippen molar-refractivity contribution in [1.29, 1.82) is 0 Å². The van der Waals surface area contributed by atoms with Crippen LogP contribution in [0.4, 0.5) is 0 Å². The summed E-state index contributed by atoms with van der Waals surface area (Å²) in [5.74, 6) is 0.875. The van der Waals surface area contributed by atoms with Gasteiger partial charge < -0.3 is 14.9 Å². The molecule has 2 N–H and O–H groups in total. The normalized spacial score (nSPS) is 25.3. The number of carbonyl (C=O) groups excluding carboxylic acids is 1. The van der Waals surface area contributed by atoms with Crippen molar-refractivity contribution < 1.29 is 14.8 Å². The molecule has 0 aromatic heterocycles. The minimum absolute atomic E-state index is 0.154. The smallest absolute Gasteiger partial charge is 0.231 e. The van der Waals surface area contributed by atoms with Crippen LogP contribution in [0.25, 0.3) is 0 Å². The van der Waals surface area contributed by atoms with Crippen LogP contribution in [0.1, 0.15) is 44.1 Å². The van der Waals surface area contributed by atoms with Gasteiger partial charge in [0.2, 0.25) is 5.91 Å². The van der Waals surface area contributed by atoms with Gasteiger partial charge in [-0.25, -0.2) is 0 Å². The van der Waals surface area contributed by atoms with Gasteiger partial charge in [0.15, 0.2) is 0 Å². The van der Waals surface area contributed by atoms with Gasteiger partial charge in [-0.15, -0.1) is 0 Å². The van der Waals surface area contributed by atoms with Crippen LogP contribution >= 0.6 is 15.9 Å². The zero-order valence-corrected chi connectivity index (χ0v) is 15.9. The molecule has 1 amide bonds. The quantitative estimate of drug-likeness (QED) is 0.824. The summed E-state index contributed by atoms with van der Waals surface area (Å²) < 4.78 is 0.990. The number of benzene rings is 1. The summed E-state index contributed by atoms with van der Waals surface area (Å²) in [4.78, 5) is 16.4. The first-order valence-electron chi connectivity index (χ1n) is 9.23. The first-order valence-corrected chi connectivity index (χ1v) is 10.0. The summed E-state index contributed by atoms with van der Waals surface area (Å²) in [5, 5.41) is 10.1. The average Bonchev–Trinajstić information content (AvgIpc) is 2.87. The number of hydrogen-bond acceptors (Lipinski definition) is 2. The van der Waals surface area contributed by atoms with Crippen LogP contribution in [0.15, 0.2) is 22.7 Å². The van der Waals surface area contributed by atoms with E-state index in [1.165, 1.54) is 17.7 Å². The Labute approximate surface area is 153 Å². The molecule has 2 fully saturated rings. The van der Waals surface area contributed by atoms with E-state index < -0.39 is 0 Å². The standard InChI is InChI=1S/C19H27BrN2O2/c20-17-7-8-18(23)16(12-17)14-21-9-5-6-15(13-21)19(24)22-10-3-1-2-4-11-22/h7-8,12,15,23H,1-6,9-11,13-14H2/p+1. The molecule has 2 aliphatic heterocycles. The van der Waals surface area contributed by atoms with Crippen LogP contribution in [0.2, 0.25) is 0 Å². The van der Waals surface area contributed by atoms with E-state index >= 15 is 0 Å². The third-order valence-electron chi connectivity index (χ3n) is 5.37. The number of amides is 1. The highest BCUT2D eigenvalue weighted by atomic mass is 79.9. The molecule has 5 heteroatoms. The van der Waals surface area contributed by atoms with E-state index in [0.717, 1.165) is 68.4 Å². The number of phenolic OH excluding ortho intramolecular Hbond substituents is 1. The summed E-state index contributed by atoms with van der Waals surface area (Å²) in [6.07, 6.45) is 6.93. The van der Waals surface area contributed by atoms with Crippen molar-refractivity contribution in [2.75, 3.05) is 26.2 Å². The number of carbonyl (C=O) groups is 1. The fraction of sp³-hybridized carbons (Fsp3) is 0.632. The summed E-state index contributed by atoms with van der Waals surface area (Å²) in [6.45, 7) is 4.64. The van der Waals surface area contributed by atoms with Crippen LogP contribution < -0.4 is 4.90 Å². The summed E-state index contributed by atoms with van der Waals surface area (Å²) in [6, 6.07) is 5.58. The molecule has 2 atom stereocenters. The highest BCUT2D eigenvalue weighted by Gasteiger charge is 2.32. The lowest BCUT2D eigenvalue weighted by Gasteiger charge is -2.32. The Morgan fingerprint density at radius 1 is 1.21 bits per heavy atom. The molecule has 4 nitrogen and oxygen atoms in total. The Morgan fingerprint density at radius 2 is 1.96 bits per heavy atom. The third-order valence-corrected chi connectivity index (χ3v) is 5.86. The van der Waals surface area contributed by atoms with E-state index in [-0.39, 0.29) is 5.92 Å². The molecule has 0 bridgehead atoms. The number of piperidine rings is 1. The van der Waals surface area contributed by atoms with Crippen LogP contribution in [0.5, 0.6) is 5.75 Å². The van der Waals surface area contributed by atoms with Crippen molar-refractivity contribution in [3.05, 3.63) is 28.2 Å². The second-order valence-corrected chi connectivity index (χ2v) is 8.15. The minimum Gasteiger partial charge on any atom is -0.507 e. The predicted molar refractivity (Wildman–Crippen MR) is 98.0 cm³/mol. The van der Waals surface area contributed by atoms with Crippen molar-refractivity contribution in [1.82, 2.24) is 4.90 Å². The van der Waals surface area contributed by atoms with Crippen molar-refractivity contribution in [2.45, 2.75) is 45.1 Å². The molecular weight excluding hydrogens is 368 g/mol. The molecule has 2 aliphatic rings. The number of nitrogens with zero attached hydrogens (tertiary/aromatic N) is 1. The summed E-state index contributed by atoms with van der Waals surface area (Å²) >= 11 is 3.47. The van der Waals surface area contributed by atoms with Crippen molar-refractivity contribution in [2.24, 2.45) is 5.92 Å². The minimum atomic E-state index is 0.154. The van der Waals surface area contributed by atoms with E-state index in [1.807, 2.05) is 12.1 Å². The molecular formula is C19H28BrN2O2+. The molecule has 1 aromatic rings. The number of aromatic hydroxyl groups is 1. The second kappa shape index (κ2) is 8.34. The van der Waals surface area contributed by atoms with Gasteiger partial charge in [0, 0.05) is 23.1 Å². The monoisotopic (exact) mass is 395 g/mol. The molecule has 132 valence electrons. The van der Waals surface area contributed by atoms with Crippen LogP contribution in [0, 0.1) is 5.92 Å². The molecule has 2 heterocycles. The first kappa shape index (κ1) is 17.7. The summed E-state index contributed by atoms with van der Waals surface area (Å²) in [5.41, 5.74) is 0.960. The lowest BCUT2D eigenvalue weighted by molar-refractivity contribution is -0.921. The molecule has 0 aliphatic carbocycles. The Balaban J connectivity index is 1.61. The molecule has 24 heavy (non-hydrogen) atoms. The van der Waals surface area contributed by atoms with Gasteiger partial charge in [-0.1, -0.05) is 28.8 Å². The van der Waals surface area contributed by atoms with Gasteiger partial charge in [0.05, 0.1) is 19.0 Å². The number of likely N-dealkylation sites (tertiary alicyclic amines) is 2. The average molecular weight is 396 g/mol. The molecule has 0 saturated carbocycles. The molecule has 2 unspecified atom stereocenters. The first-order chi connectivity index (χ1) is 11.6. The summed E-state index contributed by atoms with van der Waals surface area (Å²) in [7, 11) is 0. The van der Waals surface area contributed by atoms with E-state index in [1.54, 1.807) is 6.07 Å². The van der Waals surface area contributed by atoms with Gasteiger partial charge in [-0.2, -0.15) is 0 Å². The van der Waals surface area contributed by atoms with Gasteiger partial charge >= 0.3 is 0 Å². The maximum Gasteiger partial charge on any atom is 0.231 e. The molecule has 2 saturated heterocycles. The fourth-order valence-electron chi connectivity index (χ4n) is 4.04. The van der Waals surface area contributed by atoms with Crippen molar-refractivity contribution in [3.8, 4) is 5.75 Å². The number of quaternary nitrogens is 1. The number of rotatable bonds is 3. The molecule has 1 aromatic carbocycles. The maximum atomic E-state index is 12.9. The van der Waals surface area contributed by atoms with Crippen molar-refractivity contribution >= 4 is 21.8 Å². The predicted octanol–water partition coefficient (Wildman–Crippen LogP) is 2.35. The number of phenols is 1. The van der Waals surface area contributed by atoms with E-state index in [4.69, 9.17) is 0 Å². The van der Waals surface area contributed by atoms with Gasteiger partial charge in [-0.3, -0.25) is 4.79 Å². The Hall–Kier alpha value is -1.07. The van der Waals surface area contributed by atoms with Crippen LogP contribution in [0.3, 0.4) is 0 Å². The lowest BCUT2D eigenvalue weighted by Crippen LogP contribution is -3.12. The molecule has 0 radical (unpaired) electrons. The zero-order chi connectivity index (χ0) is 16.9. The van der Waals surface area contributed by atoms with Crippen LogP contribution in [-0.4, -0.2) is 42.1 Å². The molecule has 3 rings (SSSR count). The van der Waals surface area contributed by atoms with E-state index in [2.05, 4.69) is 20.8 Å². The van der Waals surface area contributed by atoms with Gasteiger partial charge in [0.25, 0.3) is 0 Å². The number of nitrogens with one attached hydrogen (secondary N) is 1. The second-order valence-electron chi connectivity index (χ2n) is 7.23. The topological polar surface area (TPSA) is 45.0 Å². The van der Waals surface area contributed by atoms with Gasteiger partial charge in [-0.05, 0) is 43.9 Å². The lowest BCUT2D eigenvalue weighted by atomic mass is 9.96. The number of hydrogen-bond donors (Lipinski definition) is 2. The fourth-order valence-corrected chi connectivity index (χ4v) is 4.45. The van der Waals surface area contributed by atoms with Gasteiger partial charge in [0.1, 0.15) is 12.3 Å². The molecule has 0 spiro atoms. The Morgan fingerprint density at radius 3 is 2.71 bits per heavy atom. The van der Waals surface area contributed by atoms with E-state index in [0.29, 0.717) is 11.7 Å². The SMILES string of the molecule is O=C(C1CCC[NH+](Cc2cc(Br)ccc2O)C1)N1CCCCCC1. The highest BCUT2D eigenvalue weighted by Crippen LogP contribution is 2.22. The van der Waals surface area contributed by atoms with E-state index in [9.17, 15) is 9.90 Å². The van der Waals surface area contributed by atoms with Crippen LogP contribution in [-0.2, 0) is 11.3 Å². The highest BCUT2D eigenvalue weighted by molar-refractivity contribution is 9.10. The largest absolute Gasteiger partial charge is 0.507 e. The maximum absolute atomic E-state index is 12.9. The number of halogens is 1. The van der Waals surface area contributed by atoms with Crippen molar-refractivity contribution in [3.63, 3.8) is 0 Å². The third kappa shape index (κ3) is 4.51. The zero-order valence-electron chi connectivity index (χ0n) is 14.3. The Bertz CT molecular complexity index is 570.